The lowest BCUT2D eigenvalue weighted by atomic mass is 10.3. The lowest BCUT2D eigenvalue weighted by Gasteiger charge is -2.15. The largest absolute Gasteiger partial charge is 0.573 e. The molecule has 0 heterocycles. The Balaban J connectivity index is 2.99. The first-order chi connectivity index (χ1) is 6.78. The molecule has 0 amide bonds. The highest BCUT2D eigenvalue weighted by molar-refractivity contribution is 5.49. The Hall–Kier alpha value is -1.46. The molecular weight excluding hydrogens is 214 g/mol. The summed E-state index contributed by atoms with van der Waals surface area (Å²) in [7, 11) is 3.18. The van der Waals surface area contributed by atoms with Crippen LogP contribution in [0.3, 0.4) is 0 Å². The van der Waals surface area contributed by atoms with Gasteiger partial charge in [-0.05, 0) is 6.07 Å². The second kappa shape index (κ2) is 3.96. The van der Waals surface area contributed by atoms with Gasteiger partial charge in [-0.15, -0.1) is 13.2 Å². The zero-order valence-electron chi connectivity index (χ0n) is 8.10. The summed E-state index contributed by atoms with van der Waals surface area (Å²) in [6.07, 6.45) is -4.81. The van der Waals surface area contributed by atoms with Crippen LogP contribution in [0.2, 0.25) is 0 Å². The molecule has 0 aliphatic rings. The van der Waals surface area contributed by atoms with Gasteiger partial charge in [0.25, 0.3) is 0 Å². The molecule has 84 valence electrons. The van der Waals surface area contributed by atoms with Gasteiger partial charge in [-0.25, -0.2) is 4.39 Å². The van der Waals surface area contributed by atoms with Crippen molar-refractivity contribution in [3.8, 4) is 5.75 Å². The van der Waals surface area contributed by atoms with Crippen molar-refractivity contribution >= 4 is 5.69 Å². The number of ether oxygens (including phenoxy) is 1. The smallest absolute Gasteiger partial charge is 0.406 e. The molecule has 6 heteroatoms. The van der Waals surface area contributed by atoms with Crippen LogP contribution in [0.15, 0.2) is 18.2 Å². The van der Waals surface area contributed by atoms with Gasteiger partial charge in [0.15, 0.2) is 0 Å². The number of benzene rings is 1. The maximum atomic E-state index is 12.9. The van der Waals surface area contributed by atoms with Crippen LogP contribution in [-0.2, 0) is 0 Å². The van der Waals surface area contributed by atoms with Gasteiger partial charge in [0.2, 0.25) is 0 Å². The van der Waals surface area contributed by atoms with E-state index in [1.165, 1.54) is 4.90 Å². The monoisotopic (exact) mass is 223 g/mol. The molecule has 2 nitrogen and oxygen atoms in total. The minimum atomic E-state index is -4.81. The van der Waals surface area contributed by atoms with E-state index >= 15 is 0 Å². The third kappa shape index (κ3) is 3.65. The van der Waals surface area contributed by atoms with E-state index in [-0.39, 0.29) is 0 Å². The standard InChI is InChI=1S/C9H9F4NO/c1-14(2)7-3-6(10)4-8(5-7)15-9(11,12)13/h3-5H,1-2H3. The molecule has 0 radical (unpaired) electrons. The summed E-state index contributed by atoms with van der Waals surface area (Å²) in [6, 6.07) is 2.90. The van der Waals surface area contributed by atoms with Crippen molar-refractivity contribution < 1.29 is 22.3 Å². The minimum Gasteiger partial charge on any atom is -0.406 e. The quantitative estimate of drug-likeness (QED) is 0.715. The van der Waals surface area contributed by atoms with Crippen molar-refractivity contribution in [2.24, 2.45) is 0 Å². The number of hydrogen-bond donors (Lipinski definition) is 0. The number of nitrogens with zero attached hydrogens (tertiary/aromatic N) is 1. The normalized spacial score (nSPS) is 11.3. The van der Waals surface area contributed by atoms with E-state index in [1.807, 2.05) is 0 Å². The molecule has 0 aromatic heterocycles. The summed E-state index contributed by atoms with van der Waals surface area (Å²) in [5, 5.41) is 0. The first-order valence-electron chi connectivity index (χ1n) is 4.01. The maximum absolute atomic E-state index is 12.9. The Bertz CT molecular complexity index is 348. The number of hydrogen-bond acceptors (Lipinski definition) is 2. The summed E-state index contributed by atoms with van der Waals surface area (Å²) in [4.78, 5) is 1.48. The van der Waals surface area contributed by atoms with Gasteiger partial charge in [0, 0.05) is 31.9 Å². The Kier molecular flexibility index (Phi) is 3.06. The maximum Gasteiger partial charge on any atom is 0.573 e. The zero-order chi connectivity index (χ0) is 11.6. The van der Waals surface area contributed by atoms with E-state index in [1.54, 1.807) is 14.1 Å². The van der Waals surface area contributed by atoms with Crippen LogP contribution in [-0.4, -0.2) is 20.5 Å². The molecule has 0 unspecified atom stereocenters. The van der Waals surface area contributed by atoms with E-state index in [0.29, 0.717) is 11.8 Å². The second-order valence-corrected chi connectivity index (χ2v) is 3.09. The third-order valence-corrected chi connectivity index (χ3v) is 1.61. The summed E-state index contributed by atoms with van der Waals surface area (Å²) < 4.78 is 52.0. The van der Waals surface area contributed by atoms with Crippen molar-refractivity contribution in [2.45, 2.75) is 6.36 Å². The Labute approximate surface area is 84.1 Å². The topological polar surface area (TPSA) is 12.5 Å². The minimum absolute atomic E-state index is 0.300. The predicted molar refractivity (Wildman–Crippen MR) is 47.4 cm³/mol. The molecule has 0 spiro atoms. The third-order valence-electron chi connectivity index (χ3n) is 1.61. The fraction of sp³-hybridized carbons (Fsp3) is 0.333. The van der Waals surface area contributed by atoms with Gasteiger partial charge in [0.1, 0.15) is 11.6 Å². The highest BCUT2D eigenvalue weighted by Crippen LogP contribution is 2.27. The molecule has 0 saturated heterocycles. The van der Waals surface area contributed by atoms with E-state index in [2.05, 4.69) is 4.74 Å². The first-order valence-corrected chi connectivity index (χ1v) is 4.01. The van der Waals surface area contributed by atoms with Crippen molar-refractivity contribution in [3.05, 3.63) is 24.0 Å². The Morgan fingerprint density at radius 2 is 1.73 bits per heavy atom. The van der Waals surface area contributed by atoms with Gasteiger partial charge < -0.3 is 9.64 Å². The lowest BCUT2D eigenvalue weighted by Crippen LogP contribution is -2.18. The van der Waals surface area contributed by atoms with Crippen LogP contribution >= 0.6 is 0 Å². The van der Waals surface area contributed by atoms with Crippen LogP contribution in [0.4, 0.5) is 23.2 Å². The molecule has 1 aromatic rings. The van der Waals surface area contributed by atoms with Crippen molar-refractivity contribution in [1.29, 1.82) is 0 Å². The molecule has 15 heavy (non-hydrogen) atoms. The summed E-state index contributed by atoms with van der Waals surface area (Å²) in [5.41, 5.74) is 0.300. The molecule has 0 fully saturated rings. The molecule has 1 rings (SSSR count). The van der Waals surface area contributed by atoms with Crippen molar-refractivity contribution in [3.63, 3.8) is 0 Å². The van der Waals surface area contributed by atoms with Gasteiger partial charge in [-0.2, -0.15) is 0 Å². The van der Waals surface area contributed by atoms with E-state index in [0.717, 1.165) is 12.1 Å². The molecule has 0 aliphatic heterocycles. The van der Waals surface area contributed by atoms with E-state index < -0.39 is 17.9 Å². The summed E-state index contributed by atoms with van der Waals surface area (Å²) in [6.45, 7) is 0. The molecule has 0 atom stereocenters. The van der Waals surface area contributed by atoms with Crippen LogP contribution in [0.25, 0.3) is 0 Å². The fourth-order valence-corrected chi connectivity index (χ4v) is 0.999. The fourth-order valence-electron chi connectivity index (χ4n) is 0.999. The van der Waals surface area contributed by atoms with Crippen molar-refractivity contribution in [1.82, 2.24) is 0 Å². The summed E-state index contributed by atoms with van der Waals surface area (Å²) >= 11 is 0. The molecule has 1 aromatic carbocycles. The van der Waals surface area contributed by atoms with Gasteiger partial charge >= 0.3 is 6.36 Å². The number of anilines is 1. The molecule has 0 aliphatic carbocycles. The average Bonchev–Trinajstić information content (AvgIpc) is 1.99. The SMILES string of the molecule is CN(C)c1cc(F)cc(OC(F)(F)F)c1. The summed E-state index contributed by atoms with van der Waals surface area (Å²) in [5.74, 6) is -1.34. The number of halogens is 4. The van der Waals surface area contributed by atoms with Crippen molar-refractivity contribution in [2.75, 3.05) is 19.0 Å². The molecule has 0 saturated carbocycles. The molecule has 0 N–H and O–H groups in total. The highest BCUT2D eigenvalue weighted by Gasteiger charge is 2.31. The lowest BCUT2D eigenvalue weighted by molar-refractivity contribution is -0.274. The van der Waals surface area contributed by atoms with Gasteiger partial charge in [0.05, 0.1) is 0 Å². The highest BCUT2D eigenvalue weighted by atomic mass is 19.4. The number of alkyl halides is 3. The van der Waals surface area contributed by atoms with Gasteiger partial charge in [-0.1, -0.05) is 0 Å². The molecular formula is C9H9F4NO. The number of rotatable bonds is 2. The second-order valence-electron chi connectivity index (χ2n) is 3.09. The molecule has 0 bridgehead atoms. The predicted octanol–water partition coefficient (Wildman–Crippen LogP) is 2.79. The van der Waals surface area contributed by atoms with Crippen LogP contribution in [0.1, 0.15) is 0 Å². The Morgan fingerprint density at radius 1 is 1.13 bits per heavy atom. The van der Waals surface area contributed by atoms with Crippen LogP contribution < -0.4 is 9.64 Å². The average molecular weight is 223 g/mol. The van der Waals surface area contributed by atoms with Crippen LogP contribution in [0.5, 0.6) is 5.75 Å². The van der Waals surface area contributed by atoms with E-state index in [4.69, 9.17) is 0 Å². The first kappa shape index (κ1) is 11.6. The van der Waals surface area contributed by atoms with Crippen LogP contribution in [0, 0.1) is 5.82 Å². The van der Waals surface area contributed by atoms with Gasteiger partial charge in [-0.3, -0.25) is 0 Å². The zero-order valence-corrected chi connectivity index (χ0v) is 8.10. The Morgan fingerprint density at radius 3 is 2.20 bits per heavy atom. The van der Waals surface area contributed by atoms with E-state index in [9.17, 15) is 17.6 Å².